The third kappa shape index (κ3) is 2.86. The Kier molecular flexibility index (Phi) is 3.82. The maximum atomic E-state index is 11.8. The molecular formula is C16H17NO2SSe. The van der Waals surface area contributed by atoms with E-state index in [2.05, 4.69) is 37.3 Å². The third-order valence-corrected chi connectivity index (χ3v) is 7.36. The average molecular weight is 366 g/mol. The molecule has 0 radical (unpaired) electrons. The number of anilines is 1. The van der Waals surface area contributed by atoms with E-state index in [0.717, 1.165) is 12.1 Å². The zero-order valence-corrected chi connectivity index (χ0v) is 14.6. The summed E-state index contributed by atoms with van der Waals surface area (Å²) in [6, 6.07) is 14.5. The minimum absolute atomic E-state index is 0.263. The van der Waals surface area contributed by atoms with E-state index in [9.17, 15) is 8.42 Å². The SMILES string of the molecule is Cc1c([Se]c2ccccc2)ccc2c1CCN2S(C)(=O)=O. The van der Waals surface area contributed by atoms with Crippen molar-refractivity contribution in [2.24, 2.45) is 0 Å². The summed E-state index contributed by atoms with van der Waals surface area (Å²) in [5, 5.41) is 0. The standard InChI is InChI=1S/C16H17NO2SSe/c1-12-14-10-11-17(20(2,18)19)15(14)8-9-16(12)21-13-6-4-3-5-7-13/h3-9H,10-11H2,1-2H3. The fourth-order valence-corrected chi connectivity index (χ4v) is 5.64. The summed E-state index contributed by atoms with van der Waals surface area (Å²) in [6.07, 6.45) is 2.09. The molecule has 21 heavy (non-hydrogen) atoms. The van der Waals surface area contributed by atoms with Crippen LogP contribution >= 0.6 is 0 Å². The number of rotatable bonds is 3. The van der Waals surface area contributed by atoms with Crippen molar-refractivity contribution in [3.8, 4) is 0 Å². The van der Waals surface area contributed by atoms with Crippen LogP contribution in [0.2, 0.25) is 0 Å². The van der Waals surface area contributed by atoms with Gasteiger partial charge in [0, 0.05) is 0 Å². The Bertz CT molecular complexity index is 772. The monoisotopic (exact) mass is 367 g/mol. The predicted molar refractivity (Wildman–Crippen MR) is 88.5 cm³/mol. The summed E-state index contributed by atoms with van der Waals surface area (Å²) >= 11 is 0.263. The molecule has 110 valence electrons. The second-order valence-corrected chi connectivity index (χ2v) is 9.43. The zero-order chi connectivity index (χ0) is 15.0. The molecule has 5 heteroatoms. The Labute approximate surface area is 132 Å². The molecule has 3 nitrogen and oxygen atoms in total. The third-order valence-electron chi connectivity index (χ3n) is 3.73. The molecule has 1 heterocycles. The van der Waals surface area contributed by atoms with E-state index in [1.807, 2.05) is 12.1 Å². The summed E-state index contributed by atoms with van der Waals surface area (Å²) in [4.78, 5) is 0. The molecule has 0 spiro atoms. The van der Waals surface area contributed by atoms with Crippen molar-refractivity contribution in [3.05, 3.63) is 53.6 Å². The van der Waals surface area contributed by atoms with E-state index < -0.39 is 10.0 Å². The molecule has 2 aromatic carbocycles. The van der Waals surface area contributed by atoms with Crippen LogP contribution in [0.15, 0.2) is 42.5 Å². The Hall–Kier alpha value is -1.29. The molecule has 0 atom stereocenters. The first-order chi connectivity index (χ1) is 9.97. The predicted octanol–water partition coefficient (Wildman–Crippen LogP) is 0.972. The van der Waals surface area contributed by atoms with Crippen molar-refractivity contribution >= 4 is 39.6 Å². The topological polar surface area (TPSA) is 37.4 Å². The molecule has 0 aliphatic carbocycles. The van der Waals surface area contributed by atoms with Crippen LogP contribution in [-0.4, -0.2) is 36.2 Å². The molecule has 0 aromatic heterocycles. The summed E-state index contributed by atoms with van der Waals surface area (Å²) in [5.41, 5.74) is 3.31. The van der Waals surface area contributed by atoms with Crippen LogP contribution in [0.4, 0.5) is 5.69 Å². The Balaban J connectivity index is 1.97. The fraction of sp³-hybridized carbons (Fsp3) is 0.250. The molecule has 0 N–H and O–H groups in total. The molecule has 0 fully saturated rings. The van der Waals surface area contributed by atoms with Crippen molar-refractivity contribution < 1.29 is 8.42 Å². The van der Waals surface area contributed by atoms with Gasteiger partial charge in [-0.15, -0.1) is 0 Å². The van der Waals surface area contributed by atoms with Gasteiger partial charge in [0.05, 0.1) is 0 Å². The van der Waals surface area contributed by atoms with Gasteiger partial charge in [0.25, 0.3) is 0 Å². The molecule has 0 bridgehead atoms. The van der Waals surface area contributed by atoms with Crippen molar-refractivity contribution in [1.82, 2.24) is 0 Å². The van der Waals surface area contributed by atoms with E-state index in [1.54, 1.807) is 0 Å². The van der Waals surface area contributed by atoms with E-state index in [0.29, 0.717) is 6.54 Å². The first-order valence-corrected chi connectivity index (χ1v) is 10.4. The second-order valence-electron chi connectivity index (χ2n) is 5.19. The van der Waals surface area contributed by atoms with Crippen molar-refractivity contribution in [1.29, 1.82) is 0 Å². The number of fused-ring (bicyclic) bond motifs is 1. The Morgan fingerprint density at radius 2 is 1.81 bits per heavy atom. The van der Waals surface area contributed by atoms with Crippen molar-refractivity contribution in [2.75, 3.05) is 17.1 Å². The van der Waals surface area contributed by atoms with Crippen LogP contribution < -0.4 is 13.2 Å². The number of hydrogen-bond acceptors (Lipinski definition) is 2. The summed E-state index contributed by atoms with van der Waals surface area (Å²) in [6.45, 7) is 2.68. The summed E-state index contributed by atoms with van der Waals surface area (Å²) in [7, 11) is -3.17. The van der Waals surface area contributed by atoms with Gasteiger partial charge in [-0.2, -0.15) is 0 Å². The molecular weight excluding hydrogens is 349 g/mol. The van der Waals surface area contributed by atoms with Crippen LogP contribution in [-0.2, 0) is 16.4 Å². The van der Waals surface area contributed by atoms with Crippen molar-refractivity contribution in [3.63, 3.8) is 0 Å². The summed E-state index contributed by atoms with van der Waals surface area (Å²) < 4.78 is 27.8. The molecule has 0 unspecified atom stereocenters. The van der Waals surface area contributed by atoms with Gasteiger partial charge in [-0.25, -0.2) is 0 Å². The van der Waals surface area contributed by atoms with Crippen molar-refractivity contribution in [2.45, 2.75) is 13.3 Å². The van der Waals surface area contributed by atoms with Crippen LogP contribution in [0.5, 0.6) is 0 Å². The van der Waals surface area contributed by atoms with Gasteiger partial charge in [-0.3, -0.25) is 0 Å². The fourth-order valence-electron chi connectivity index (χ4n) is 2.67. The zero-order valence-electron chi connectivity index (χ0n) is 12.0. The minimum atomic E-state index is -3.17. The van der Waals surface area contributed by atoms with Gasteiger partial charge in [0.2, 0.25) is 0 Å². The number of hydrogen-bond donors (Lipinski definition) is 0. The molecule has 0 saturated carbocycles. The van der Waals surface area contributed by atoms with E-state index in [1.165, 1.54) is 30.6 Å². The van der Waals surface area contributed by atoms with Gasteiger partial charge in [-0.1, -0.05) is 0 Å². The van der Waals surface area contributed by atoms with Gasteiger partial charge >= 0.3 is 132 Å². The van der Waals surface area contributed by atoms with Crippen LogP contribution in [0, 0.1) is 6.92 Å². The normalized spacial score (nSPS) is 14.3. The summed E-state index contributed by atoms with van der Waals surface area (Å²) in [5.74, 6) is 0. The molecule has 0 saturated heterocycles. The molecule has 1 aliphatic rings. The van der Waals surface area contributed by atoms with Crippen LogP contribution in [0.25, 0.3) is 0 Å². The quantitative estimate of drug-likeness (QED) is 0.760. The van der Waals surface area contributed by atoms with Gasteiger partial charge < -0.3 is 0 Å². The first-order valence-electron chi connectivity index (χ1n) is 6.80. The number of sulfonamides is 1. The van der Waals surface area contributed by atoms with E-state index in [4.69, 9.17) is 0 Å². The average Bonchev–Trinajstić information content (AvgIpc) is 2.88. The maximum absolute atomic E-state index is 11.8. The van der Waals surface area contributed by atoms with Gasteiger partial charge in [0.1, 0.15) is 0 Å². The molecule has 1 aliphatic heterocycles. The Morgan fingerprint density at radius 3 is 2.48 bits per heavy atom. The Morgan fingerprint density at radius 1 is 1.10 bits per heavy atom. The second kappa shape index (κ2) is 5.48. The number of nitrogens with zero attached hydrogens (tertiary/aromatic N) is 1. The van der Waals surface area contributed by atoms with Gasteiger partial charge in [-0.05, 0) is 0 Å². The number of benzene rings is 2. The van der Waals surface area contributed by atoms with Crippen LogP contribution in [0.3, 0.4) is 0 Å². The van der Waals surface area contributed by atoms with Gasteiger partial charge in [0.15, 0.2) is 0 Å². The van der Waals surface area contributed by atoms with E-state index in [-0.39, 0.29) is 15.0 Å². The molecule has 3 rings (SSSR count). The first kappa shape index (κ1) is 14.6. The van der Waals surface area contributed by atoms with E-state index >= 15 is 0 Å². The molecule has 0 amide bonds. The van der Waals surface area contributed by atoms with Crippen LogP contribution in [0.1, 0.15) is 11.1 Å². The molecule has 2 aromatic rings.